The highest BCUT2D eigenvalue weighted by Gasteiger charge is 2.09. The van der Waals surface area contributed by atoms with Crippen LogP contribution in [0.25, 0.3) is 21.8 Å². The Hall–Kier alpha value is -3.32. The summed E-state index contributed by atoms with van der Waals surface area (Å²) >= 11 is 1.45. The van der Waals surface area contributed by atoms with Crippen molar-refractivity contribution in [3.63, 3.8) is 0 Å². The van der Waals surface area contributed by atoms with Crippen LogP contribution in [-0.2, 0) is 4.79 Å². The smallest absolute Gasteiger partial charge is 0.250 e. The van der Waals surface area contributed by atoms with E-state index in [4.69, 9.17) is 4.74 Å². The molecule has 2 heterocycles. The van der Waals surface area contributed by atoms with E-state index >= 15 is 0 Å². The molecule has 0 aliphatic rings. The number of H-pyrrole nitrogens is 1. The largest absolute Gasteiger partial charge is 0.497 e. The monoisotopic (exact) mass is 404 g/mol. The molecule has 4 rings (SSSR count). The fraction of sp³-hybridized carbons (Fsp3) is 0.136. The van der Waals surface area contributed by atoms with E-state index in [1.165, 1.54) is 11.8 Å². The van der Waals surface area contributed by atoms with Gasteiger partial charge in [0.2, 0.25) is 5.91 Å². The number of nitrogens with zero attached hydrogens (tertiary/aromatic N) is 2. The van der Waals surface area contributed by atoms with Crippen molar-refractivity contribution in [2.75, 3.05) is 12.9 Å². The molecule has 0 saturated heterocycles. The predicted molar refractivity (Wildman–Crippen MR) is 118 cm³/mol. The predicted octanol–water partition coefficient (Wildman–Crippen LogP) is 4.28. The Kier molecular flexibility index (Phi) is 5.48. The maximum absolute atomic E-state index is 12.3. The first kappa shape index (κ1) is 19.0. The van der Waals surface area contributed by atoms with Crippen LogP contribution in [0.15, 0.2) is 64.7 Å². The van der Waals surface area contributed by atoms with Crippen molar-refractivity contribution in [3.05, 3.63) is 66.0 Å². The van der Waals surface area contributed by atoms with Crippen molar-refractivity contribution >= 4 is 45.7 Å². The number of benzene rings is 2. The number of hydrogen-bond acceptors (Lipinski definition) is 5. The van der Waals surface area contributed by atoms with Crippen LogP contribution in [0, 0.1) is 6.92 Å². The average Bonchev–Trinajstić information content (AvgIpc) is 3.15. The molecule has 0 aliphatic heterocycles. The summed E-state index contributed by atoms with van der Waals surface area (Å²) in [7, 11) is 1.63. The Bertz CT molecular complexity index is 1220. The van der Waals surface area contributed by atoms with Crippen LogP contribution < -0.4 is 10.2 Å². The lowest BCUT2D eigenvalue weighted by atomic mass is 10.2. The van der Waals surface area contributed by atoms with Crippen molar-refractivity contribution in [1.29, 1.82) is 0 Å². The van der Waals surface area contributed by atoms with Gasteiger partial charge in [-0.25, -0.2) is 5.43 Å². The number of pyridine rings is 1. The van der Waals surface area contributed by atoms with E-state index in [0.29, 0.717) is 0 Å². The third kappa shape index (κ3) is 4.25. The van der Waals surface area contributed by atoms with E-state index in [2.05, 4.69) is 20.5 Å². The number of methoxy groups -OCH3 is 1. The van der Waals surface area contributed by atoms with E-state index in [0.717, 1.165) is 43.7 Å². The minimum Gasteiger partial charge on any atom is -0.497 e. The SMILES string of the molecule is COc1ccc2nc(C)cc(SCC(=O)NN=Cc3c[nH]c4ccccc34)c2c1. The first-order chi connectivity index (χ1) is 14.1. The van der Waals surface area contributed by atoms with Crippen LogP contribution in [-0.4, -0.2) is 35.0 Å². The number of carbonyl (C=O) groups excluding carboxylic acids is 1. The third-order valence-electron chi connectivity index (χ3n) is 4.48. The van der Waals surface area contributed by atoms with Gasteiger partial charge >= 0.3 is 0 Å². The van der Waals surface area contributed by atoms with Crippen LogP contribution in [0.2, 0.25) is 0 Å². The number of aromatic nitrogens is 2. The van der Waals surface area contributed by atoms with Gasteiger partial charge < -0.3 is 9.72 Å². The molecule has 0 unspecified atom stereocenters. The second-order valence-corrected chi connectivity index (χ2v) is 7.53. The van der Waals surface area contributed by atoms with Crippen molar-refractivity contribution in [2.45, 2.75) is 11.8 Å². The molecule has 1 amide bonds. The summed E-state index contributed by atoms with van der Waals surface area (Å²) in [5.74, 6) is 0.843. The molecule has 0 fully saturated rings. The molecule has 0 radical (unpaired) electrons. The van der Waals surface area contributed by atoms with Crippen molar-refractivity contribution in [2.24, 2.45) is 5.10 Å². The molecule has 146 valence electrons. The number of aromatic amines is 1. The minimum absolute atomic E-state index is 0.170. The molecule has 2 aromatic carbocycles. The van der Waals surface area contributed by atoms with Crippen molar-refractivity contribution < 1.29 is 9.53 Å². The molecule has 4 aromatic rings. The standard InChI is InChI=1S/C22H20N4O2S/c1-14-9-21(18-10-16(28-2)7-8-20(18)25-14)29-13-22(27)26-24-12-15-11-23-19-6-4-3-5-17(15)19/h3-12,23H,13H2,1-2H3,(H,26,27). The van der Waals surface area contributed by atoms with Gasteiger partial charge in [-0.15, -0.1) is 11.8 Å². The van der Waals surface area contributed by atoms with Gasteiger partial charge in [-0.3, -0.25) is 9.78 Å². The zero-order valence-corrected chi connectivity index (χ0v) is 16.9. The second kappa shape index (κ2) is 8.36. The Labute approximate surface area is 172 Å². The van der Waals surface area contributed by atoms with Crippen LogP contribution in [0.1, 0.15) is 11.3 Å². The molecule has 7 heteroatoms. The molecule has 0 saturated carbocycles. The lowest BCUT2D eigenvalue weighted by molar-refractivity contribution is -0.118. The summed E-state index contributed by atoms with van der Waals surface area (Å²) in [6.07, 6.45) is 3.52. The number of thioether (sulfide) groups is 1. The number of aryl methyl sites for hydroxylation is 1. The van der Waals surface area contributed by atoms with Crippen LogP contribution in [0.5, 0.6) is 5.75 Å². The van der Waals surface area contributed by atoms with E-state index < -0.39 is 0 Å². The summed E-state index contributed by atoms with van der Waals surface area (Å²) in [5.41, 5.74) is 6.34. The molecule has 2 aromatic heterocycles. The number of hydrogen-bond donors (Lipinski definition) is 2. The number of para-hydroxylation sites is 1. The van der Waals surface area contributed by atoms with E-state index in [9.17, 15) is 4.79 Å². The number of rotatable bonds is 6. The summed E-state index contributed by atoms with van der Waals surface area (Å²) in [6, 6.07) is 15.7. The van der Waals surface area contributed by atoms with Gasteiger partial charge in [0, 0.05) is 38.6 Å². The summed E-state index contributed by atoms with van der Waals surface area (Å²) < 4.78 is 5.31. The summed E-state index contributed by atoms with van der Waals surface area (Å²) in [6.45, 7) is 1.94. The van der Waals surface area contributed by atoms with Crippen LogP contribution in [0.3, 0.4) is 0 Å². The van der Waals surface area contributed by atoms with E-state index in [1.54, 1.807) is 13.3 Å². The maximum atomic E-state index is 12.3. The highest BCUT2D eigenvalue weighted by atomic mass is 32.2. The number of hydrazone groups is 1. The topological polar surface area (TPSA) is 79.4 Å². The number of carbonyl (C=O) groups is 1. The van der Waals surface area contributed by atoms with Crippen LogP contribution >= 0.6 is 11.8 Å². The summed E-state index contributed by atoms with van der Waals surface area (Å²) in [4.78, 5) is 21.0. The Morgan fingerprint density at radius 2 is 2.10 bits per heavy atom. The van der Waals surface area contributed by atoms with Gasteiger partial charge in [0.25, 0.3) is 0 Å². The van der Waals surface area contributed by atoms with Crippen molar-refractivity contribution in [1.82, 2.24) is 15.4 Å². The lowest BCUT2D eigenvalue weighted by Crippen LogP contribution is -2.19. The van der Waals surface area contributed by atoms with Gasteiger partial charge in [-0.05, 0) is 37.3 Å². The zero-order valence-electron chi connectivity index (χ0n) is 16.1. The van der Waals surface area contributed by atoms with Crippen LogP contribution in [0.4, 0.5) is 0 Å². The average molecular weight is 404 g/mol. The third-order valence-corrected chi connectivity index (χ3v) is 5.53. The molecule has 6 nitrogen and oxygen atoms in total. The fourth-order valence-corrected chi connectivity index (χ4v) is 4.02. The molecular formula is C22H20N4O2S. The van der Waals surface area contributed by atoms with Gasteiger partial charge in [0.05, 0.1) is 24.6 Å². The van der Waals surface area contributed by atoms with E-state index in [-0.39, 0.29) is 11.7 Å². The first-order valence-electron chi connectivity index (χ1n) is 9.10. The molecule has 0 aliphatic carbocycles. The fourth-order valence-electron chi connectivity index (χ4n) is 3.10. The minimum atomic E-state index is -0.170. The number of amides is 1. The van der Waals surface area contributed by atoms with Gasteiger partial charge in [-0.1, -0.05) is 18.2 Å². The molecule has 29 heavy (non-hydrogen) atoms. The molecule has 0 spiro atoms. The molecule has 0 atom stereocenters. The Balaban J connectivity index is 1.43. The quantitative estimate of drug-likeness (QED) is 0.286. The van der Waals surface area contributed by atoms with Gasteiger partial charge in [0.1, 0.15) is 5.75 Å². The number of ether oxygens (including phenoxy) is 1. The number of fused-ring (bicyclic) bond motifs is 2. The van der Waals surface area contributed by atoms with Gasteiger partial charge in [-0.2, -0.15) is 5.10 Å². The normalized spacial score (nSPS) is 11.4. The van der Waals surface area contributed by atoms with E-state index in [1.807, 2.05) is 61.7 Å². The Morgan fingerprint density at radius 3 is 2.97 bits per heavy atom. The maximum Gasteiger partial charge on any atom is 0.250 e. The summed E-state index contributed by atoms with van der Waals surface area (Å²) in [5, 5.41) is 6.12. The second-order valence-electron chi connectivity index (χ2n) is 6.52. The molecule has 2 N–H and O–H groups in total. The molecular weight excluding hydrogens is 384 g/mol. The lowest BCUT2D eigenvalue weighted by Gasteiger charge is -2.09. The van der Waals surface area contributed by atoms with Gasteiger partial charge in [0.15, 0.2) is 0 Å². The highest BCUT2D eigenvalue weighted by Crippen LogP contribution is 2.30. The Morgan fingerprint density at radius 1 is 1.24 bits per heavy atom. The van der Waals surface area contributed by atoms with Crippen molar-refractivity contribution in [3.8, 4) is 5.75 Å². The first-order valence-corrected chi connectivity index (χ1v) is 10.1. The number of nitrogens with one attached hydrogen (secondary N) is 2. The zero-order chi connectivity index (χ0) is 20.2. The highest BCUT2D eigenvalue weighted by molar-refractivity contribution is 8.00. The molecule has 0 bridgehead atoms.